The molecule has 2 amide bonds. The number of benzene rings is 3. The van der Waals surface area contributed by atoms with Gasteiger partial charge in [-0.2, -0.15) is 0 Å². The fourth-order valence-corrected chi connectivity index (χ4v) is 3.03. The average molecular weight is 418 g/mol. The van der Waals surface area contributed by atoms with Gasteiger partial charge in [-0.15, -0.1) is 0 Å². The first-order valence-electron chi connectivity index (χ1n) is 10.0. The van der Waals surface area contributed by atoms with Crippen molar-refractivity contribution in [2.45, 2.75) is 19.6 Å². The van der Waals surface area contributed by atoms with Crippen LogP contribution in [0.15, 0.2) is 78.9 Å². The molecule has 3 aromatic carbocycles. The van der Waals surface area contributed by atoms with Gasteiger partial charge >= 0.3 is 0 Å². The summed E-state index contributed by atoms with van der Waals surface area (Å²) in [5.74, 6) is 0.176. The lowest BCUT2D eigenvalue weighted by atomic mass is 10.1. The lowest BCUT2D eigenvalue weighted by Gasteiger charge is -2.15. The van der Waals surface area contributed by atoms with E-state index in [1.54, 1.807) is 13.0 Å². The normalized spacial score (nSPS) is 11.4. The summed E-state index contributed by atoms with van der Waals surface area (Å²) in [6, 6.07) is 25.0. The second kappa shape index (κ2) is 10.9. The van der Waals surface area contributed by atoms with Gasteiger partial charge < -0.3 is 20.1 Å². The van der Waals surface area contributed by atoms with E-state index in [4.69, 9.17) is 9.47 Å². The van der Waals surface area contributed by atoms with Crippen molar-refractivity contribution in [2.24, 2.45) is 0 Å². The number of amides is 2. The van der Waals surface area contributed by atoms with Crippen LogP contribution in [0.2, 0.25) is 0 Å². The van der Waals surface area contributed by atoms with Gasteiger partial charge in [-0.05, 0) is 47.9 Å². The van der Waals surface area contributed by atoms with Crippen LogP contribution in [0.25, 0.3) is 11.1 Å². The highest BCUT2D eigenvalue weighted by Crippen LogP contribution is 2.22. The van der Waals surface area contributed by atoms with Crippen molar-refractivity contribution >= 4 is 17.5 Å². The van der Waals surface area contributed by atoms with Gasteiger partial charge in [-0.25, -0.2) is 0 Å². The maximum absolute atomic E-state index is 12.4. The van der Waals surface area contributed by atoms with Gasteiger partial charge in [0.05, 0.1) is 0 Å². The molecule has 0 spiro atoms. The Morgan fingerprint density at radius 1 is 0.903 bits per heavy atom. The Morgan fingerprint density at radius 2 is 1.61 bits per heavy atom. The highest BCUT2D eigenvalue weighted by molar-refractivity contribution is 5.91. The molecule has 1 unspecified atom stereocenters. The van der Waals surface area contributed by atoms with Gasteiger partial charge in [0.1, 0.15) is 12.4 Å². The van der Waals surface area contributed by atoms with E-state index >= 15 is 0 Å². The lowest BCUT2D eigenvalue weighted by molar-refractivity contribution is -0.127. The van der Waals surface area contributed by atoms with Crippen LogP contribution in [-0.4, -0.2) is 31.6 Å². The molecule has 0 aliphatic rings. The van der Waals surface area contributed by atoms with Gasteiger partial charge in [0.25, 0.3) is 5.91 Å². The molecule has 0 fully saturated rings. The first-order valence-corrected chi connectivity index (χ1v) is 10.0. The van der Waals surface area contributed by atoms with Crippen molar-refractivity contribution in [2.75, 3.05) is 19.0 Å². The van der Waals surface area contributed by atoms with Gasteiger partial charge in [0.15, 0.2) is 6.10 Å². The van der Waals surface area contributed by atoms with Gasteiger partial charge in [-0.1, -0.05) is 54.6 Å². The molecule has 0 aliphatic heterocycles. The Morgan fingerprint density at radius 3 is 2.32 bits per heavy atom. The number of nitrogens with one attached hydrogen (secondary N) is 2. The molecule has 3 rings (SSSR count). The second-order valence-electron chi connectivity index (χ2n) is 7.05. The van der Waals surface area contributed by atoms with Crippen LogP contribution in [0.4, 0.5) is 5.69 Å². The number of ether oxygens (including phenoxy) is 2. The van der Waals surface area contributed by atoms with E-state index in [-0.39, 0.29) is 18.4 Å². The minimum absolute atomic E-state index is 0.0118. The predicted molar refractivity (Wildman–Crippen MR) is 121 cm³/mol. The average Bonchev–Trinajstić information content (AvgIpc) is 2.79. The van der Waals surface area contributed by atoms with Crippen molar-refractivity contribution in [3.8, 4) is 16.9 Å². The first kappa shape index (κ1) is 22.1. The molecule has 0 saturated carbocycles. The number of hydrogen-bond acceptors (Lipinski definition) is 4. The maximum atomic E-state index is 12.4. The molecule has 0 saturated heterocycles. The van der Waals surface area contributed by atoms with Crippen LogP contribution < -0.4 is 15.4 Å². The molecule has 0 aromatic heterocycles. The number of methoxy groups -OCH3 is 1. The summed E-state index contributed by atoms with van der Waals surface area (Å²) in [4.78, 5) is 24.1. The molecule has 6 heteroatoms. The van der Waals surface area contributed by atoms with E-state index < -0.39 is 6.10 Å². The first-order chi connectivity index (χ1) is 15.0. The third-order valence-corrected chi connectivity index (χ3v) is 4.60. The molecule has 6 nitrogen and oxygen atoms in total. The van der Waals surface area contributed by atoms with Crippen LogP contribution in [0.1, 0.15) is 12.5 Å². The summed E-state index contributed by atoms with van der Waals surface area (Å²) >= 11 is 0. The Hall–Kier alpha value is -3.64. The van der Waals surface area contributed by atoms with E-state index in [2.05, 4.69) is 10.6 Å². The topological polar surface area (TPSA) is 76.7 Å². The largest absolute Gasteiger partial charge is 0.481 e. The lowest BCUT2D eigenvalue weighted by Crippen LogP contribution is -2.35. The molecular formula is C25H26N2O4. The zero-order chi connectivity index (χ0) is 22.1. The smallest absolute Gasteiger partial charge is 0.261 e. The van der Waals surface area contributed by atoms with Gasteiger partial charge in [0.2, 0.25) is 5.91 Å². The van der Waals surface area contributed by atoms with Crippen LogP contribution >= 0.6 is 0 Å². The summed E-state index contributed by atoms with van der Waals surface area (Å²) in [7, 11) is 1.46. The van der Waals surface area contributed by atoms with Crippen molar-refractivity contribution < 1.29 is 19.1 Å². The van der Waals surface area contributed by atoms with Gasteiger partial charge in [0, 0.05) is 19.3 Å². The van der Waals surface area contributed by atoms with E-state index in [1.165, 1.54) is 7.11 Å². The minimum atomic E-state index is -0.646. The Kier molecular flexibility index (Phi) is 7.79. The molecule has 2 N–H and O–H groups in total. The molecule has 0 radical (unpaired) electrons. The van der Waals surface area contributed by atoms with E-state index in [9.17, 15) is 9.59 Å². The summed E-state index contributed by atoms with van der Waals surface area (Å²) < 4.78 is 10.6. The summed E-state index contributed by atoms with van der Waals surface area (Å²) in [6.07, 6.45) is -0.646. The maximum Gasteiger partial charge on any atom is 0.261 e. The Balaban J connectivity index is 1.51. The van der Waals surface area contributed by atoms with Crippen molar-refractivity contribution in [1.82, 2.24) is 5.32 Å². The van der Waals surface area contributed by atoms with Crippen LogP contribution in [-0.2, 0) is 20.9 Å². The van der Waals surface area contributed by atoms with E-state index in [1.807, 2.05) is 72.8 Å². The molecule has 31 heavy (non-hydrogen) atoms. The van der Waals surface area contributed by atoms with E-state index in [0.717, 1.165) is 16.7 Å². The predicted octanol–water partition coefficient (Wildman–Crippen LogP) is 4.02. The molecule has 0 bridgehead atoms. The number of hydrogen-bond donors (Lipinski definition) is 2. The zero-order valence-corrected chi connectivity index (χ0v) is 17.6. The third-order valence-electron chi connectivity index (χ3n) is 4.60. The molecular weight excluding hydrogens is 392 g/mol. The number of anilines is 1. The van der Waals surface area contributed by atoms with Crippen molar-refractivity contribution in [3.63, 3.8) is 0 Å². The summed E-state index contributed by atoms with van der Waals surface area (Å²) in [6.45, 7) is 2.03. The van der Waals surface area contributed by atoms with E-state index in [0.29, 0.717) is 18.0 Å². The highest BCUT2D eigenvalue weighted by Gasteiger charge is 2.14. The summed E-state index contributed by atoms with van der Waals surface area (Å²) in [5, 5.41) is 5.60. The molecule has 0 aliphatic carbocycles. The standard InChI is InChI=1S/C25H26N2O4/c1-18(31-23-13-11-21(12-14-23)20-8-4-3-5-9-20)25(29)26-16-19-7-6-10-22(15-19)27-24(28)17-30-2/h3-15,18H,16-17H2,1-2H3,(H,26,29)(H,27,28). The molecule has 1 atom stereocenters. The highest BCUT2D eigenvalue weighted by atomic mass is 16.5. The third kappa shape index (κ3) is 6.69. The van der Waals surface area contributed by atoms with Crippen molar-refractivity contribution in [3.05, 3.63) is 84.4 Å². The number of carbonyl (C=O) groups excluding carboxylic acids is 2. The zero-order valence-electron chi connectivity index (χ0n) is 17.6. The molecule has 0 heterocycles. The minimum Gasteiger partial charge on any atom is -0.481 e. The van der Waals surface area contributed by atoms with Crippen molar-refractivity contribution in [1.29, 1.82) is 0 Å². The molecule has 160 valence electrons. The Bertz CT molecular complexity index is 1000. The fourth-order valence-electron chi connectivity index (χ4n) is 3.03. The Labute approximate surface area is 182 Å². The van der Waals surface area contributed by atoms with Crippen LogP contribution in [0.5, 0.6) is 5.75 Å². The van der Waals surface area contributed by atoms with Gasteiger partial charge in [-0.3, -0.25) is 9.59 Å². The molecule has 3 aromatic rings. The monoisotopic (exact) mass is 418 g/mol. The quantitative estimate of drug-likeness (QED) is 0.550. The van der Waals surface area contributed by atoms with Crippen LogP contribution in [0, 0.1) is 0 Å². The summed E-state index contributed by atoms with van der Waals surface area (Å²) in [5.41, 5.74) is 3.72. The second-order valence-corrected chi connectivity index (χ2v) is 7.05. The number of rotatable bonds is 9. The fraction of sp³-hybridized carbons (Fsp3) is 0.200. The van der Waals surface area contributed by atoms with Crippen LogP contribution in [0.3, 0.4) is 0 Å². The SMILES string of the molecule is COCC(=O)Nc1cccc(CNC(=O)C(C)Oc2ccc(-c3ccccc3)cc2)c1. The number of carbonyl (C=O) groups is 2.